The molecule has 0 atom stereocenters. The zero-order valence-electron chi connectivity index (χ0n) is 22.8. The lowest BCUT2D eigenvalue weighted by Crippen LogP contribution is -2.22. The Hall–Kier alpha value is -5.94. The highest BCUT2D eigenvalue weighted by Gasteiger charge is 2.18. The molecule has 0 fully saturated rings. The van der Waals surface area contributed by atoms with E-state index in [0.717, 1.165) is 22.1 Å². The molecule has 3 aromatic heterocycles. The van der Waals surface area contributed by atoms with E-state index in [1.165, 1.54) is 36.9 Å². The minimum Gasteiger partial charge on any atom is -0.422 e. The van der Waals surface area contributed by atoms with Crippen molar-refractivity contribution < 1.29 is 4.42 Å². The van der Waals surface area contributed by atoms with Gasteiger partial charge in [-0.05, 0) is 47.2 Å². The first-order valence-corrected chi connectivity index (χ1v) is 14.2. The molecule has 0 saturated heterocycles. The number of hydrogen-bond donors (Lipinski definition) is 0. The maximum atomic E-state index is 13.6. The normalized spacial score (nSPS) is 11.9. The fourth-order valence-corrected chi connectivity index (χ4v) is 6.65. The van der Waals surface area contributed by atoms with E-state index in [1.807, 2.05) is 48.5 Å². The predicted octanol–water partition coefficient (Wildman–Crippen LogP) is 8.50. The van der Waals surface area contributed by atoms with E-state index >= 15 is 0 Å². The summed E-state index contributed by atoms with van der Waals surface area (Å²) in [5.41, 5.74) is 3.36. The van der Waals surface area contributed by atoms with Crippen LogP contribution in [-0.2, 0) is 0 Å². The monoisotopic (exact) mass is 554 g/mol. The van der Waals surface area contributed by atoms with Gasteiger partial charge in [0.2, 0.25) is 0 Å². The minimum absolute atomic E-state index is 0.0469. The first-order chi connectivity index (χ1) is 21.2. The molecule has 9 rings (SSSR count). The van der Waals surface area contributed by atoms with Gasteiger partial charge in [0.1, 0.15) is 11.0 Å². The van der Waals surface area contributed by atoms with Crippen LogP contribution in [0, 0.1) is 0 Å². The summed E-state index contributed by atoms with van der Waals surface area (Å²) in [5, 5.41) is 8.45. The van der Waals surface area contributed by atoms with Crippen molar-refractivity contribution in [2.24, 2.45) is 0 Å². The summed E-state index contributed by atoms with van der Waals surface area (Å²) in [6.45, 7) is 0. The van der Waals surface area contributed by atoms with Crippen molar-refractivity contribution >= 4 is 65.1 Å². The van der Waals surface area contributed by atoms with Gasteiger partial charge in [-0.2, -0.15) is 0 Å². The van der Waals surface area contributed by atoms with Crippen LogP contribution in [0.2, 0.25) is 0 Å². The second-order valence-electron chi connectivity index (χ2n) is 10.9. The smallest absolute Gasteiger partial charge is 0.349 e. The van der Waals surface area contributed by atoms with E-state index in [1.54, 1.807) is 12.3 Å². The van der Waals surface area contributed by atoms with Crippen molar-refractivity contribution in [3.05, 3.63) is 154 Å². The van der Waals surface area contributed by atoms with Crippen LogP contribution in [0.5, 0.6) is 0 Å². The molecular formula is C38H22N2O3. The van der Waals surface area contributed by atoms with E-state index in [0.29, 0.717) is 16.7 Å². The van der Waals surface area contributed by atoms with Crippen LogP contribution < -0.4 is 11.2 Å². The van der Waals surface area contributed by atoms with Gasteiger partial charge in [-0.1, -0.05) is 91.0 Å². The summed E-state index contributed by atoms with van der Waals surface area (Å²) < 4.78 is 9.34. The molecule has 0 spiro atoms. The number of pyridine rings is 1. The highest BCUT2D eigenvalue weighted by molar-refractivity contribution is 6.23. The minimum atomic E-state index is -0.631. The van der Waals surface area contributed by atoms with E-state index in [9.17, 15) is 9.59 Å². The second-order valence-corrected chi connectivity index (χ2v) is 10.9. The molecule has 0 N–H and O–H groups in total. The van der Waals surface area contributed by atoms with Crippen molar-refractivity contribution in [2.75, 3.05) is 0 Å². The molecular weight excluding hydrogens is 532 g/mol. The van der Waals surface area contributed by atoms with Crippen LogP contribution in [0.3, 0.4) is 0 Å². The summed E-state index contributed by atoms with van der Waals surface area (Å²) in [5.74, 6) is 0. The standard InChI is InChI=1S/C38H22N2O3/c41-37-34-30(29-11-5-6-12-33(29)43-38(34)42)21-22-39(37)25-15-17-26(18-16-25)40-35-27-9-3-1-7-23(27)13-19-31(35)32-20-14-24-8-2-4-10-28(24)36(32)40/h1-22H. The van der Waals surface area contributed by atoms with Gasteiger partial charge in [-0.3, -0.25) is 9.36 Å². The molecule has 0 aliphatic rings. The van der Waals surface area contributed by atoms with Crippen molar-refractivity contribution in [1.29, 1.82) is 0 Å². The van der Waals surface area contributed by atoms with Crippen molar-refractivity contribution in [2.45, 2.75) is 0 Å². The van der Waals surface area contributed by atoms with E-state index < -0.39 is 11.2 Å². The maximum absolute atomic E-state index is 13.6. The van der Waals surface area contributed by atoms with Crippen molar-refractivity contribution in [1.82, 2.24) is 9.13 Å². The molecule has 43 heavy (non-hydrogen) atoms. The molecule has 0 unspecified atom stereocenters. The lowest BCUT2D eigenvalue weighted by molar-refractivity contribution is 0.568. The summed E-state index contributed by atoms with van der Waals surface area (Å²) >= 11 is 0. The Kier molecular flexibility index (Phi) is 4.85. The number of benzene rings is 6. The largest absolute Gasteiger partial charge is 0.422 e. The average Bonchev–Trinajstić information content (AvgIpc) is 3.40. The Labute approximate surface area is 244 Å². The Morgan fingerprint density at radius 2 is 1.02 bits per heavy atom. The summed E-state index contributed by atoms with van der Waals surface area (Å²) in [7, 11) is 0. The van der Waals surface area contributed by atoms with Gasteiger partial charge in [0, 0.05) is 49.9 Å². The molecule has 202 valence electrons. The summed E-state index contributed by atoms with van der Waals surface area (Å²) in [6, 6.07) is 42.7. The fourth-order valence-electron chi connectivity index (χ4n) is 6.65. The number of fused-ring (bicyclic) bond motifs is 10. The van der Waals surface area contributed by atoms with Crippen molar-refractivity contribution in [3.8, 4) is 11.4 Å². The van der Waals surface area contributed by atoms with Crippen LogP contribution in [0.4, 0.5) is 0 Å². The lowest BCUT2D eigenvalue weighted by Gasteiger charge is -2.13. The third-order valence-corrected chi connectivity index (χ3v) is 8.60. The molecule has 0 bridgehead atoms. The van der Waals surface area contributed by atoms with Crippen LogP contribution >= 0.6 is 0 Å². The SMILES string of the molecule is O=c1oc2ccccc2c2ccn(-c3ccc(-n4c5c6ccccc6ccc5c5ccc6ccccc6c54)cc3)c(=O)c12. The topological polar surface area (TPSA) is 57.1 Å². The molecule has 0 aliphatic heterocycles. The number of aromatic nitrogens is 2. The summed E-state index contributed by atoms with van der Waals surface area (Å²) in [4.78, 5) is 26.5. The molecule has 3 heterocycles. The van der Waals surface area contributed by atoms with Gasteiger partial charge in [0.15, 0.2) is 0 Å². The second kappa shape index (κ2) is 8.78. The molecule has 0 radical (unpaired) electrons. The van der Waals surface area contributed by atoms with Gasteiger partial charge >= 0.3 is 5.63 Å². The maximum Gasteiger partial charge on any atom is 0.349 e. The fraction of sp³-hybridized carbons (Fsp3) is 0. The van der Waals surface area contributed by atoms with Gasteiger partial charge in [-0.25, -0.2) is 4.79 Å². The van der Waals surface area contributed by atoms with E-state index in [4.69, 9.17) is 4.42 Å². The molecule has 5 heteroatoms. The molecule has 9 aromatic rings. The lowest BCUT2D eigenvalue weighted by atomic mass is 10.0. The van der Waals surface area contributed by atoms with E-state index in [-0.39, 0.29) is 5.39 Å². The van der Waals surface area contributed by atoms with Crippen LogP contribution in [-0.4, -0.2) is 9.13 Å². The number of hydrogen-bond acceptors (Lipinski definition) is 3. The molecule has 6 aromatic carbocycles. The van der Waals surface area contributed by atoms with Crippen LogP contribution in [0.25, 0.3) is 76.5 Å². The molecule has 0 amide bonds. The highest BCUT2D eigenvalue weighted by atomic mass is 16.4. The Morgan fingerprint density at radius 1 is 0.465 bits per heavy atom. The van der Waals surface area contributed by atoms with Gasteiger partial charge in [-0.15, -0.1) is 0 Å². The highest BCUT2D eigenvalue weighted by Crippen LogP contribution is 2.39. The molecule has 0 saturated carbocycles. The van der Waals surface area contributed by atoms with Gasteiger partial charge in [0.25, 0.3) is 5.56 Å². The quantitative estimate of drug-likeness (QED) is 0.159. The van der Waals surface area contributed by atoms with E-state index in [2.05, 4.69) is 77.4 Å². The zero-order chi connectivity index (χ0) is 28.7. The Morgan fingerprint density at radius 3 is 1.67 bits per heavy atom. The number of para-hydroxylation sites is 1. The van der Waals surface area contributed by atoms with Gasteiger partial charge in [0.05, 0.1) is 11.0 Å². The number of rotatable bonds is 2. The van der Waals surface area contributed by atoms with Gasteiger partial charge < -0.3 is 8.98 Å². The Bertz CT molecular complexity index is 2620. The first kappa shape index (κ1) is 23.7. The molecule has 0 aliphatic carbocycles. The first-order valence-electron chi connectivity index (χ1n) is 14.2. The zero-order valence-corrected chi connectivity index (χ0v) is 22.8. The number of nitrogens with zero attached hydrogens (tertiary/aromatic N) is 2. The predicted molar refractivity (Wildman–Crippen MR) is 175 cm³/mol. The third-order valence-electron chi connectivity index (χ3n) is 8.60. The van der Waals surface area contributed by atoms with Crippen molar-refractivity contribution in [3.63, 3.8) is 0 Å². The Balaban J connectivity index is 1.30. The average molecular weight is 555 g/mol. The summed E-state index contributed by atoms with van der Waals surface area (Å²) in [6.07, 6.45) is 1.73. The van der Waals surface area contributed by atoms with Crippen LogP contribution in [0.15, 0.2) is 148 Å². The van der Waals surface area contributed by atoms with Crippen LogP contribution in [0.1, 0.15) is 0 Å². The third kappa shape index (κ3) is 3.33. The molecule has 5 nitrogen and oxygen atoms in total.